The minimum atomic E-state index is -0.572. The second kappa shape index (κ2) is 6.69. The van der Waals surface area contributed by atoms with E-state index in [4.69, 9.17) is 10.5 Å². The largest absolute Gasteiger partial charge is 0.450 e. The van der Waals surface area contributed by atoms with Gasteiger partial charge in [-0.25, -0.2) is 14.2 Å². The maximum Gasteiger partial charge on any atom is 0.411 e. The Morgan fingerprint density at radius 1 is 1.29 bits per heavy atom. The van der Waals surface area contributed by atoms with Crippen molar-refractivity contribution in [1.82, 2.24) is 4.98 Å². The van der Waals surface area contributed by atoms with Crippen molar-refractivity contribution in [2.24, 2.45) is 0 Å². The topological polar surface area (TPSA) is 77.2 Å². The van der Waals surface area contributed by atoms with Crippen molar-refractivity contribution >= 4 is 17.6 Å². The summed E-state index contributed by atoms with van der Waals surface area (Å²) >= 11 is 0. The van der Waals surface area contributed by atoms with Crippen LogP contribution in [0, 0.1) is 5.82 Å². The average Bonchev–Trinajstić information content (AvgIpc) is 2.45. The van der Waals surface area contributed by atoms with Gasteiger partial charge in [0.2, 0.25) is 0 Å². The third-order valence-electron chi connectivity index (χ3n) is 2.79. The Hall–Kier alpha value is -2.63. The highest BCUT2D eigenvalue weighted by Gasteiger charge is 2.08. The summed E-state index contributed by atoms with van der Waals surface area (Å²) in [5, 5.41) is 2.51. The summed E-state index contributed by atoms with van der Waals surface area (Å²) in [5.41, 5.74) is 7.86. The van der Waals surface area contributed by atoms with Gasteiger partial charge in [-0.2, -0.15) is 0 Å². The van der Waals surface area contributed by atoms with Crippen LogP contribution >= 0.6 is 0 Å². The number of halogens is 1. The number of nitrogens with zero attached hydrogens (tertiary/aromatic N) is 1. The van der Waals surface area contributed by atoms with Crippen LogP contribution in [0.2, 0.25) is 0 Å². The molecule has 0 aliphatic heterocycles. The fraction of sp³-hybridized carbons (Fsp3) is 0.200. The van der Waals surface area contributed by atoms with Gasteiger partial charge in [0.25, 0.3) is 0 Å². The second-order valence-corrected chi connectivity index (χ2v) is 4.38. The van der Waals surface area contributed by atoms with E-state index in [1.165, 1.54) is 12.1 Å². The van der Waals surface area contributed by atoms with E-state index in [2.05, 4.69) is 10.3 Å². The molecule has 1 aromatic carbocycles. The molecule has 1 heterocycles. The van der Waals surface area contributed by atoms with Crippen molar-refractivity contribution in [3.63, 3.8) is 0 Å². The number of carbonyl (C=O) groups is 1. The molecule has 0 saturated heterocycles. The number of nitrogens with one attached hydrogen (secondary N) is 1. The number of ether oxygens (including phenoxy) is 1. The summed E-state index contributed by atoms with van der Waals surface area (Å²) in [6, 6.07) is 9.60. The van der Waals surface area contributed by atoms with Crippen molar-refractivity contribution in [1.29, 1.82) is 0 Å². The molecule has 1 aromatic heterocycles. The van der Waals surface area contributed by atoms with Crippen molar-refractivity contribution in [2.75, 3.05) is 17.7 Å². The first-order valence-corrected chi connectivity index (χ1v) is 6.52. The molecule has 0 aliphatic rings. The van der Waals surface area contributed by atoms with E-state index in [0.717, 1.165) is 11.3 Å². The monoisotopic (exact) mass is 289 g/mol. The zero-order chi connectivity index (χ0) is 15.2. The SMILES string of the molecule is CCOC(=O)Nc1ccc(Cc2ccc(F)cc2)nc1N. The summed E-state index contributed by atoms with van der Waals surface area (Å²) in [7, 11) is 0. The van der Waals surface area contributed by atoms with Gasteiger partial charge >= 0.3 is 6.09 Å². The number of aromatic nitrogens is 1. The Labute approximate surface area is 121 Å². The van der Waals surface area contributed by atoms with Gasteiger partial charge in [-0.3, -0.25) is 5.32 Å². The molecular weight excluding hydrogens is 273 g/mol. The van der Waals surface area contributed by atoms with Gasteiger partial charge in [0.15, 0.2) is 0 Å². The first-order chi connectivity index (χ1) is 10.1. The van der Waals surface area contributed by atoms with Crippen molar-refractivity contribution < 1.29 is 13.9 Å². The maximum absolute atomic E-state index is 12.8. The molecule has 2 rings (SSSR count). The second-order valence-electron chi connectivity index (χ2n) is 4.38. The highest BCUT2D eigenvalue weighted by molar-refractivity contribution is 5.87. The number of nitrogen functional groups attached to an aromatic ring is 1. The number of benzene rings is 1. The molecule has 6 heteroatoms. The molecule has 2 aromatic rings. The molecule has 5 nitrogen and oxygen atoms in total. The highest BCUT2D eigenvalue weighted by atomic mass is 19.1. The number of nitrogens with two attached hydrogens (primary N) is 1. The van der Waals surface area contributed by atoms with Crippen LogP contribution in [0.3, 0.4) is 0 Å². The molecule has 1 amide bonds. The van der Waals surface area contributed by atoms with E-state index in [0.29, 0.717) is 12.1 Å². The molecule has 0 unspecified atom stereocenters. The molecule has 3 N–H and O–H groups in total. The van der Waals surface area contributed by atoms with E-state index in [1.807, 2.05) is 0 Å². The van der Waals surface area contributed by atoms with E-state index in [1.54, 1.807) is 31.2 Å². The fourth-order valence-corrected chi connectivity index (χ4v) is 1.81. The lowest BCUT2D eigenvalue weighted by molar-refractivity contribution is 0.168. The first-order valence-electron chi connectivity index (χ1n) is 6.52. The Morgan fingerprint density at radius 3 is 2.62 bits per heavy atom. The number of rotatable bonds is 4. The van der Waals surface area contributed by atoms with Crippen LogP contribution in [0.15, 0.2) is 36.4 Å². The molecule has 21 heavy (non-hydrogen) atoms. The van der Waals surface area contributed by atoms with Gasteiger partial charge in [0, 0.05) is 12.1 Å². The summed E-state index contributed by atoms with van der Waals surface area (Å²) < 4.78 is 17.6. The lowest BCUT2D eigenvalue weighted by atomic mass is 10.1. The van der Waals surface area contributed by atoms with Crippen LogP contribution in [0.5, 0.6) is 0 Å². The van der Waals surface area contributed by atoms with Crippen molar-refractivity contribution in [3.8, 4) is 0 Å². The van der Waals surface area contributed by atoms with Crippen LogP contribution in [-0.2, 0) is 11.2 Å². The van der Waals surface area contributed by atoms with Crippen molar-refractivity contribution in [2.45, 2.75) is 13.3 Å². The minimum Gasteiger partial charge on any atom is -0.450 e. The average molecular weight is 289 g/mol. The molecule has 0 saturated carbocycles. The molecule has 0 atom stereocenters. The van der Waals surface area contributed by atoms with E-state index >= 15 is 0 Å². The first kappa shape index (κ1) is 14.8. The van der Waals surface area contributed by atoms with Crippen LogP contribution < -0.4 is 11.1 Å². The van der Waals surface area contributed by atoms with Gasteiger partial charge in [-0.1, -0.05) is 12.1 Å². The molecule has 0 fully saturated rings. The summed E-state index contributed by atoms with van der Waals surface area (Å²) in [4.78, 5) is 15.5. The molecule has 0 spiro atoms. The normalized spacial score (nSPS) is 10.2. The number of hydrogen-bond acceptors (Lipinski definition) is 4. The fourth-order valence-electron chi connectivity index (χ4n) is 1.81. The summed E-state index contributed by atoms with van der Waals surface area (Å²) in [6.07, 6.45) is -0.0400. The van der Waals surface area contributed by atoms with E-state index in [9.17, 15) is 9.18 Å². The Bertz CT molecular complexity index is 629. The zero-order valence-electron chi connectivity index (χ0n) is 11.6. The highest BCUT2D eigenvalue weighted by Crippen LogP contribution is 2.18. The molecule has 110 valence electrons. The molecular formula is C15H16FN3O2. The third kappa shape index (κ3) is 4.17. The lowest BCUT2D eigenvalue weighted by Crippen LogP contribution is -2.15. The lowest BCUT2D eigenvalue weighted by Gasteiger charge is -2.09. The van der Waals surface area contributed by atoms with Gasteiger partial charge in [0.05, 0.1) is 12.3 Å². The molecule has 0 radical (unpaired) electrons. The standard InChI is InChI=1S/C15H16FN3O2/c1-2-21-15(20)19-13-8-7-12(18-14(13)17)9-10-3-5-11(16)6-4-10/h3-8H,2,9H2,1H3,(H2,17,18)(H,19,20). The Balaban J connectivity index is 2.08. The Kier molecular flexibility index (Phi) is 4.71. The quantitative estimate of drug-likeness (QED) is 0.907. The number of hydrogen-bond donors (Lipinski definition) is 2. The minimum absolute atomic E-state index is 0.211. The summed E-state index contributed by atoms with van der Waals surface area (Å²) in [6.45, 7) is 1.99. The van der Waals surface area contributed by atoms with Gasteiger partial charge in [0.1, 0.15) is 11.6 Å². The number of anilines is 2. The van der Waals surface area contributed by atoms with Crippen LogP contribution in [-0.4, -0.2) is 17.7 Å². The van der Waals surface area contributed by atoms with Crippen LogP contribution in [0.4, 0.5) is 20.7 Å². The number of carbonyl (C=O) groups excluding carboxylic acids is 1. The van der Waals surface area contributed by atoms with Crippen LogP contribution in [0.25, 0.3) is 0 Å². The van der Waals surface area contributed by atoms with Gasteiger partial charge < -0.3 is 10.5 Å². The summed E-state index contributed by atoms with van der Waals surface area (Å²) in [5.74, 6) is -0.0668. The van der Waals surface area contributed by atoms with Gasteiger partial charge in [-0.15, -0.1) is 0 Å². The van der Waals surface area contributed by atoms with Crippen LogP contribution in [0.1, 0.15) is 18.2 Å². The van der Waals surface area contributed by atoms with Crippen molar-refractivity contribution in [3.05, 3.63) is 53.5 Å². The van der Waals surface area contributed by atoms with E-state index < -0.39 is 6.09 Å². The number of amides is 1. The molecule has 0 aliphatic carbocycles. The zero-order valence-corrected chi connectivity index (χ0v) is 11.6. The van der Waals surface area contributed by atoms with Gasteiger partial charge in [-0.05, 0) is 36.8 Å². The third-order valence-corrected chi connectivity index (χ3v) is 2.79. The maximum atomic E-state index is 12.8. The Morgan fingerprint density at radius 2 is 2.00 bits per heavy atom. The predicted molar refractivity (Wildman–Crippen MR) is 78.5 cm³/mol. The predicted octanol–water partition coefficient (Wildman–Crippen LogP) is 2.96. The van der Waals surface area contributed by atoms with E-state index in [-0.39, 0.29) is 18.2 Å². The molecule has 0 bridgehead atoms. The number of pyridine rings is 1. The smallest absolute Gasteiger partial charge is 0.411 e.